The number of benzene rings is 1. The number of nitrogens with one attached hydrogen (secondary N) is 2. The van der Waals surface area contributed by atoms with Crippen molar-refractivity contribution < 1.29 is 0 Å². The van der Waals surface area contributed by atoms with Crippen LogP contribution in [0.3, 0.4) is 0 Å². The van der Waals surface area contributed by atoms with Crippen LogP contribution in [0.4, 0.5) is 5.69 Å². The zero-order valence-corrected chi connectivity index (χ0v) is 9.09. The molecular weight excluding hydrogens is 172 g/mol. The molecule has 1 unspecified atom stereocenters. The average molecular weight is 190 g/mol. The van der Waals surface area contributed by atoms with Gasteiger partial charge in [0.1, 0.15) is 0 Å². The first-order valence-electron chi connectivity index (χ1n) is 5.05. The number of hydrogen-bond acceptors (Lipinski definition) is 2. The van der Waals surface area contributed by atoms with E-state index in [-0.39, 0.29) is 0 Å². The Morgan fingerprint density at radius 2 is 2.21 bits per heavy atom. The molecule has 0 aromatic heterocycles. The molecule has 76 valence electrons. The fourth-order valence-corrected chi connectivity index (χ4v) is 1.30. The van der Waals surface area contributed by atoms with Crippen molar-refractivity contribution in [2.45, 2.75) is 33.2 Å². The molecule has 2 N–H and O–H groups in total. The van der Waals surface area contributed by atoms with Crippen molar-refractivity contribution >= 4 is 11.9 Å². The summed E-state index contributed by atoms with van der Waals surface area (Å²) in [6.45, 7) is 6.34. The lowest BCUT2D eigenvalue weighted by molar-refractivity contribution is 0.764. The minimum Gasteiger partial charge on any atom is -0.382 e. The van der Waals surface area contributed by atoms with Crippen LogP contribution >= 0.6 is 0 Å². The summed E-state index contributed by atoms with van der Waals surface area (Å²) in [6, 6.07) is 6.59. The molecule has 0 saturated heterocycles. The molecule has 1 rings (SSSR count). The minimum atomic E-state index is 0.455. The van der Waals surface area contributed by atoms with Crippen LogP contribution in [-0.4, -0.2) is 12.3 Å². The lowest BCUT2D eigenvalue weighted by Gasteiger charge is -2.15. The third-order valence-corrected chi connectivity index (χ3v) is 2.38. The smallest absolute Gasteiger partial charge is 0.0431 e. The topological polar surface area (TPSA) is 35.9 Å². The van der Waals surface area contributed by atoms with E-state index in [0.29, 0.717) is 6.04 Å². The van der Waals surface area contributed by atoms with Crippen molar-refractivity contribution in [3.05, 3.63) is 29.3 Å². The number of aryl methyl sites for hydroxylation is 1. The number of rotatable bonds is 4. The maximum absolute atomic E-state index is 7.32. The molecule has 0 bridgehead atoms. The Labute approximate surface area is 85.9 Å². The van der Waals surface area contributed by atoms with E-state index in [9.17, 15) is 0 Å². The van der Waals surface area contributed by atoms with Crippen LogP contribution < -0.4 is 5.32 Å². The standard InChI is InChI=1S/C12H18N2/c1-4-10(3)14-12-6-5-9(2)7-11(12)8-13/h5-8,10,13-14H,4H2,1-3H3. The summed E-state index contributed by atoms with van der Waals surface area (Å²) in [5.41, 5.74) is 3.21. The molecule has 0 aliphatic heterocycles. The molecule has 1 aromatic rings. The number of anilines is 1. The molecule has 1 aromatic carbocycles. The van der Waals surface area contributed by atoms with Crippen molar-refractivity contribution in [2.75, 3.05) is 5.32 Å². The Hall–Kier alpha value is -1.31. The van der Waals surface area contributed by atoms with Crippen molar-refractivity contribution in [3.63, 3.8) is 0 Å². The van der Waals surface area contributed by atoms with E-state index in [1.54, 1.807) is 0 Å². The Morgan fingerprint density at radius 3 is 2.79 bits per heavy atom. The molecule has 0 radical (unpaired) electrons. The van der Waals surface area contributed by atoms with E-state index in [2.05, 4.69) is 25.2 Å². The van der Waals surface area contributed by atoms with E-state index < -0.39 is 0 Å². The van der Waals surface area contributed by atoms with Gasteiger partial charge in [0, 0.05) is 23.5 Å². The Balaban J connectivity index is 2.90. The molecule has 0 spiro atoms. The molecule has 1 atom stereocenters. The van der Waals surface area contributed by atoms with E-state index in [1.165, 1.54) is 11.8 Å². The third-order valence-electron chi connectivity index (χ3n) is 2.38. The van der Waals surface area contributed by atoms with Gasteiger partial charge in [0.05, 0.1) is 0 Å². The van der Waals surface area contributed by atoms with Gasteiger partial charge in [0.2, 0.25) is 0 Å². The number of hydrogen-bond donors (Lipinski definition) is 2. The first-order chi connectivity index (χ1) is 6.67. The zero-order valence-electron chi connectivity index (χ0n) is 9.09. The predicted octanol–water partition coefficient (Wildman–Crippen LogP) is 3.20. The fourth-order valence-electron chi connectivity index (χ4n) is 1.30. The van der Waals surface area contributed by atoms with Crippen LogP contribution in [0.2, 0.25) is 0 Å². The summed E-state index contributed by atoms with van der Waals surface area (Å²) in [5.74, 6) is 0. The van der Waals surface area contributed by atoms with Gasteiger partial charge in [0.15, 0.2) is 0 Å². The van der Waals surface area contributed by atoms with E-state index in [1.807, 2.05) is 19.1 Å². The lowest BCUT2D eigenvalue weighted by Crippen LogP contribution is -2.14. The van der Waals surface area contributed by atoms with Crippen molar-refractivity contribution in [1.82, 2.24) is 0 Å². The first-order valence-corrected chi connectivity index (χ1v) is 5.05. The summed E-state index contributed by atoms with van der Waals surface area (Å²) in [4.78, 5) is 0. The quantitative estimate of drug-likeness (QED) is 0.703. The lowest BCUT2D eigenvalue weighted by atomic mass is 10.1. The summed E-state index contributed by atoms with van der Waals surface area (Å²) >= 11 is 0. The molecule has 0 fully saturated rings. The van der Waals surface area contributed by atoms with Gasteiger partial charge in [-0.25, -0.2) is 0 Å². The Kier molecular flexibility index (Phi) is 3.69. The van der Waals surface area contributed by atoms with Gasteiger partial charge in [-0.2, -0.15) is 0 Å². The van der Waals surface area contributed by atoms with Gasteiger partial charge in [-0.05, 0) is 32.4 Å². The van der Waals surface area contributed by atoms with Crippen molar-refractivity contribution in [1.29, 1.82) is 5.41 Å². The van der Waals surface area contributed by atoms with Crippen molar-refractivity contribution in [3.8, 4) is 0 Å². The van der Waals surface area contributed by atoms with E-state index in [4.69, 9.17) is 5.41 Å². The van der Waals surface area contributed by atoms with Gasteiger partial charge in [-0.3, -0.25) is 0 Å². The second-order valence-electron chi connectivity index (χ2n) is 3.69. The molecule has 0 saturated carbocycles. The van der Waals surface area contributed by atoms with Crippen molar-refractivity contribution in [2.24, 2.45) is 0 Å². The average Bonchev–Trinajstić information content (AvgIpc) is 2.20. The zero-order chi connectivity index (χ0) is 10.6. The largest absolute Gasteiger partial charge is 0.382 e. The van der Waals surface area contributed by atoms with Crippen LogP contribution in [-0.2, 0) is 0 Å². The van der Waals surface area contributed by atoms with E-state index in [0.717, 1.165) is 17.7 Å². The minimum absolute atomic E-state index is 0.455. The molecule has 14 heavy (non-hydrogen) atoms. The molecule has 0 aliphatic carbocycles. The van der Waals surface area contributed by atoms with Crippen LogP contribution in [0.5, 0.6) is 0 Å². The van der Waals surface area contributed by atoms with Crippen LogP contribution in [0, 0.1) is 12.3 Å². The molecule has 2 nitrogen and oxygen atoms in total. The monoisotopic (exact) mass is 190 g/mol. The van der Waals surface area contributed by atoms with Gasteiger partial charge in [-0.1, -0.05) is 18.6 Å². The second-order valence-corrected chi connectivity index (χ2v) is 3.69. The maximum Gasteiger partial charge on any atom is 0.0431 e. The highest BCUT2D eigenvalue weighted by Gasteiger charge is 2.03. The molecular formula is C12H18N2. The molecule has 2 heteroatoms. The van der Waals surface area contributed by atoms with Crippen LogP contribution in [0.15, 0.2) is 18.2 Å². The second kappa shape index (κ2) is 4.80. The maximum atomic E-state index is 7.32. The SMILES string of the molecule is CCC(C)Nc1ccc(C)cc1C=N. The highest BCUT2D eigenvalue weighted by atomic mass is 14.9. The first kappa shape index (κ1) is 10.8. The summed E-state index contributed by atoms with van der Waals surface area (Å²) < 4.78 is 0. The molecule has 0 heterocycles. The molecule has 0 amide bonds. The van der Waals surface area contributed by atoms with E-state index >= 15 is 0 Å². The van der Waals surface area contributed by atoms with Crippen LogP contribution in [0.1, 0.15) is 31.4 Å². The highest BCUT2D eigenvalue weighted by Crippen LogP contribution is 2.16. The Morgan fingerprint density at radius 1 is 1.50 bits per heavy atom. The third kappa shape index (κ3) is 2.59. The fraction of sp³-hybridized carbons (Fsp3) is 0.417. The predicted molar refractivity (Wildman–Crippen MR) is 62.4 cm³/mol. The Bertz CT molecular complexity index is 318. The summed E-state index contributed by atoms with van der Waals surface area (Å²) in [5, 5.41) is 10.7. The van der Waals surface area contributed by atoms with Gasteiger partial charge < -0.3 is 10.7 Å². The van der Waals surface area contributed by atoms with Gasteiger partial charge in [0.25, 0.3) is 0 Å². The summed E-state index contributed by atoms with van der Waals surface area (Å²) in [7, 11) is 0. The van der Waals surface area contributed by atoms with Crippen LogP contribution in [0.25, 0.3) is 0 Å². The highest BCUT2D eigenvalue weighted by molar-refractivity contribution is 5.86. The summed E-state index contributed by atoms with van der Waals surface area (Å²) in [6.07, 6.45) is 2.49. The molecule has 0 aliphatic rings. The van der Waals surface area contributed by atoms with Gasteiger partial charge in [-0.15, -0.1) is 0 Å². The normalized spacial score (nSPS) is 12.2. The van der Waals surface area contributed by atoms with Gasteiger partial charge >= 0.3 is 0 Å².